The van der Waals surface area contributed by atoms with Crippen molar-refractivity contribution in [3.8, 4) is 5.75 Å². The molecule has 0 aliphatic heterocycles. The van der Waals surface area contributed by atoms with Crippen molar-refractivity contribution in [3.05, 3.63) is 35.0 Å². The minimum atomic E-state index is -0.0525. The average Bonchev–Trinajstić information content (AvgIpc) is 2.77. The van der Waals surface area contributed by atoms with Crippen LogP contribution < -0.4 is 15.4 Å². The van der Waals surface area contributed by atoms with Gasteiger partial charge in [-0.15, -0.1) is 11.3 Å². The highest BCUT2D eigenvalue weighted by atomic mass is 32.1. The molecule has 0 amide bonds. The summed E-state index contributed by atoms with van der Waals surface area (Å²) in [6.07, 6.45) is 1.75. The van der Waals surface area contributed by atoms with Crippen LogP contribution in [-0.2, 0) is 6.54 Å². The molecule has 20 heavy (non-hydrogen) atoms. The number of anilines is 2. The van der Waals surface area contributed by atoms with Gasteiger partial charge in [-0.2, -0.15) is 0 Å². The first-order chi connectivity index (χ1) is 9.54. The standard InChI is InChI=1S/C14H17N3O2S/c1-9(18)13-11(15)12(19-3)14(20-13)17(2)8-10-6-4-5-7-16-10/h4-7H,8,15H2,1-3H3. The minimum absolute atomic E-state index is 0.0525. The number of nitrogens with two attached hydrogens (primary N) is 1. The number of carbonyl (C=O) groups excluding carboxylic acids is 1. The Bertz CT molecular complexity index is 610. The highest BCUT2D eigenvalue weighted by Crippen LogP contribution is 2.44. The molecule has 0 radical (unpaired) electrons. The molecule has 0 aromatic carbocycles. The largest absolute Gasteiger partial charge is 0.492 e. The number of ether oxygens (including phenoxy) is 1. The summed E-state index contributed by atoms with van der Waals surface area (Å²) >= 11 is 1.34. The van der Waals surface area contributed by atoms with E-state index >= 15 is 0 Å². The van der Waals surface area contributed by atoms with Crippen LogP contribution in [0.5, 0.6) is 5.75 Å². The van der Waals surface area contributed by atoms with E-state index in [-0.39, 0.29) is 5.78 Å². The van der Waals surface area contributed by atoms with E-state index in [4.69, 9.17) is 10.5 Å². The molecule has 2 rings (SSSR count). The van der Waals surface area contributed by atoms with Gasteiger partial charge in [0.15, 0.2) is 11.5 Å². The van der Waals surface area contributed by atoms with Crippen LogP contribution >= 0.6 is 11.3 Å². The van der Waals surface area contributed by atoms with Crippen LogP contribution in [0.25, 0.3) is 0 Å². The zero-order valence-electron chi connectivity index (χ0n) is 11.7. The van der Waals surface area contributed by atoms with Gasteiger partial charge in [-0.25, -0.2) is 0 Å². The quantitative estimate of drug-likeness (QED) is 0.857. The van der Waals surface area contributed by atoms with E-state index < -0.39 is 0 Å². The fraction of sp³-hybridized carbons (Fsp3) is 0.286. The Morgan fingerprint density at radius 2 is 2.25 bits per heavy atom. The van der Waals surface area contributed by atoms with Gasteiger partial charge < -0.3 is 15.4 Å². The molecule has 0 bridgehead atoms. The molecule has 2 aromatic rings. The van der Waals surface area contributed by atoms with Gasteiger partial charge in [0, 0.05) is 20.2 Å². The fourth-order valence-corrected chi connectivity index (χ4v) is 2.98. The van der Waals surface area contributed by atoms with Gasteiger partial charge in [-0.3, -0.25) is 9.78 Å². The number of nitrogens with zero attached hydrogens (tertiary/aromatic N) is 2. The van der Waals surface area contributed by atoms with Gasteiger partial charge in [-0.1, -0.05) is 6.07 Å². The maximum Gasteiger partial charge on any atom is 0.177 e. The number of nitrogen functional groups attached to an aromatic ring is 1. The van der Waals surface area contributed by atoms with Crippen molar-refractivity contribution in [1.82, 2.24) is 4.98 Å². The van der Waals surface area contributed by atoms with Crippen LogP contribution in [0.2, 0.25) is 0 Å². The summed E-state index contributed by atoms with van der Waals surface area (Å²) in [5.74, 6) is 0.502. The Morgan fingerprint density at radius 3 is 2.80 bits per heavy atom. The lowest BCUT2D eigenvalue weighted by Gasteiger charge is -2.18. The number of ketones is 1. The topological polar surface area (TPSA) is 68.5 Å². The number of thiophene rings is 1. The first kappa shape index (κ1) is 14.3. The second kappa shape index (κ2) is 5.92. The summed E-state index contributed by atoms with van der Waals surface area (Å²) in [4.78, 5) is 18.4. The van der Waals surface area contributed by atoms with Crippen LogP contribution in [0, 0.1) is 0 Å². The van der Waals surface area contributed by atoms with Gasteiger partial charge in [0.25, 0.3) is 0 Å². The molecule has 0 spiro atoms. The lowest BCUT2D eigenvalue weighted by atomic mass is 10.3. The first-order valence-corrected chi connectivity index (χ1v) is 6.94. The van der Waals surface area contributed by atoms with E-state index in [0.717, 1.165) is 10.7 Å². The monoisotopic (exact) mass is 291 g/mol. The smallest absolute Gasteiger partial charge is 0.177 e. The van der Waals surface area contributed by atoms with E-state index in [1.807, 2.05) is 30.1 Å². The molecule has 2 aromatic heterocycles. The SMILES string of the molecule is COc1c(N(C)Cc2ccccn2)sc(C(C)=O)c1N. The first-order valence-electron chi connectivity index (χ1n) is 6.12. The highest BCUT2D eigenvalue weighted by molar-refractivity contribution is 7.19. The molecule has 6 heteroatoms. The van der Waals surface area contributed by atoms with Crippen molar-refractivity contribution in [2.45, 2.75) is 13.5 Å². The van der Waals surface area contributed by atoms with Crippen LogP contribution in [-0.4, -0.2) is 24.9 Å². The number of Topliss-reactive ketones (excluding diaryl/α,β-unsaturated/α-hetero) is 1. The van der Waals surface area contributed by atoms with E-state index in [9.17, 15) is 4.79 Å². The lowest BCUT2D eigenvalue weighted by Crippen LogP contribution is -2.16. The summed E-state index contributed by atoms with van der Waals surface area (Å²) < 4.78 is 5.34. The maximum atomic E-state index is 11.6. The summed E-state index contributed by atoms with van der Waals surface area (Å²) in [7, 11) is 3.48. The molecule has 0 aliphatic rings. The Labute approximate surface area is 122 Å². The van der Waals surface area contributed by atoms with E-state index in [1.165, 1.54) is 18.3 Å². The van der Waals surface area contributed by atoms with Gasteiger partial charge in [0.1, 0.15) is 5.00 Å². The van der Waals surface area contributed by atoms with Crippen LogP contribution in [0.4, 0.5) is 10.7 Å². The Kier molecular flexibility index (Phi) is 4.24. The summed E-state index contributed by atoms with van der Waals surface area (Å²) in [6.45, 7) is 2.12. The second-order valence-corrected chi connectivity index (χ2v) is 5.42. The molecular formula is C14H17N3O2S. The van der Waals surface area contributed by atoms with Crippen LogP contribution in [0.3, 0.4) is 0 Å². The van der Waals surface area contributed by atoms with Crippen LogP contribution in [0.15, 0.2) is 24.4 Å². The second-order valence-electron chi connectivity index (χ2n) is 4.42. The molecule has 2 heterocycles. The van der Waals surface area contributed by atoms with Crippen molar-refractivity contribution in [3.63, 3.8) is 0 Å². The number of carbonyl (C=O) groups is 1. The molecular weight excluding hydrogens is 274 g/mol. The molecule has 106 valence electrons. The Balaban J connectivity index is 2.32. The Hall–Kier alpha value is -2.08. The predicted octanol–water partition coefficient (Wildman–Crippen LogP) is 2.57. The molecule has 5 nitrogen and oxygen atoms in total. The third-order valence-corrected chi connectivity index (χ3v) is 4.28. The average molecular weight is 291 g/mol. The van der Waals surface area contributed by atoms with Crippen LogP contribution in [0.1, 0.15) is 22.3 Å². The third-order valence-electron chi connectivity index (χ3n) is 2.88. The van der Waals surface area contributed by atoms with Crippen molar-refractivity contribution in [2.75, 3.05) is 24.8 Å². The molecule has 0 unspecified atom stereocenters. The van der Waals surface area contributed by atoms with Crippen molar-refractivity contribution in [1.29, 1.82) is 0 Å². The maximum absolute atomic E-state index is 11.6. The molecule has 0 atom stereocenters. The van der Waals surface area contributed by atoms with E-state index in [2.05, 4.69) is 4.98 Å². The third kappa shape index (κ3) is 2.75. The number of hydrogen-bond acceptors (Lipinski definition) is 6. The van der Waals surface area contributed by atoms with E-state index in [0.29, 0.717) is 22.9 Å². The summed E-state index contributed by atoms with van der Waals surface area (Å²) in [5.41, 5.74) is 7.32. The van der Waals surface area contributed by atoms with Crippen molar-refractivity contribution in [2.24, 2.45) is 0 Å². The fourth-order valence-electron chi connectivity index (χ4n) is 1.93. The van der Waals surface area contributed by atoms with Gasteiger partial charge in [-0.05, 0) is 12.1 Å². The molecule has 2 N–H and O–H groups in total. The molecule has 0 aliphatic carbocycles. The Morgan fingerprint density at radius 1 is 1.50 bits per heavy atom. The minimum Gasteiger partial charge on any atom is -0.492 e. The number of pyridine rings is 1. The zero-order chi connectivity index (χ0) is 14.7. The van der Waals surface area contributed by atoms with E-state index in [1.54, 1.807) is 13.3 Å². The number of methoxy groups -OCH3 is 1. The molecule has 0 saturated heterocycles. The number of rotatable bonds is 5. The van der Waals surface area contributed by atoms with Crippen molar-refractivity contribution >= 4 is 27.8 Å². The molecule has 0 saturated carbocycles. The normalized spacial score (nSPS) is 10.3. The predicted molar refractivity (Wildman–Crippen MR) is 81.6 cm³/mol. The molecule has 0 fully saturated rings. The van der Waals surface area contributed by atoms with Gasteiger partial charge in [0.05, 0.1) is 29.9 Å². The summed E-state index contributed by atoms with van der Waals surface area (Å²) in [6, 6.07) is 5.77. The van der Waals surface area contributed by atoms with Gasteiger partial charge >= 0.3 is 0 Å². The highest BCUT2D eigenvalue weighted by Gasteiger charge is 2.22. The summed E-state index contributed by atoms with van der Waals surface area (Å²) in [5, 5.41) is 0.834. The number of hydrogen-bond donors (Lipinski definition) is 1. The number of aromatic nitrogens is 1. The lowest BCUT2D eigenvalue weighted by molar-refractivity contribution is 0.102. The van der Waals surface area contributed by atoms with Crippen molar-refractivity contribution < 1.29 is 9.53 Å². The van der Waals surface area contributed by atoms with Gasteiger partial charge in [0.2, 0.25) is 0 Å². The zero-order valence-corrected chi connectivity index (χ0v) is 12.5.